The molecule has 2 nitrogen and oxygen atoms in total. The van der Waals surface area contributed by atoms with Crippen molar-refractivity contribution in [2.45, 2.75) is 38.1 Å². The molecular weight excluding hydrogens is 302 g/mol. The van der Waals surface area contributed by atoms with E-state index in [4.69, 9.17) is 10.5 Å². The van der Waals surface area contributed by atoms with Crippen LogP contribution in [0.25, 0.3) is 0 Å². The Bertz CT molecular complexity index is 462. The number of benzene rings is 1. The maximum atomic E-state index is 6.45. The normalized spacial score (nSPS) is 30.6. The van der Waals surface area contributed by atoms with Gasteiger partial charge in [0.1, 0.15) is 5.75 Å². The minimum absolute atomic E-state index is 0.119. The standard InChI is InChI=1S/C16H22BrNO/c1-19-13-4-5-15(17)14(9-13)16(18)8-12-7-10-2-3-11(12)6-10/h4-5,9-12,16H,2-3,6-8,18H2,1H3. The molecule has 4 atom stereocenters. The van der Waals surface area contributed by atoms with Crippen LogP contribution in [-0.4, -0.2) is 7.11 Å². The SMILES string of the molecule is COc1ccc(Br)c(C(N)CC2CC3CCC2C3)c1. The molecule has 3 heteroatoms. The highest BCUT2D eigenvalue weighted by Crippen LogP contribution is 2.51. The largest absolute Gasteiger partial charge is 0.497 e. The lowest BCUT2D eigenvalue weighted by atomic mass is 9.83. The second-order valence-electron chi connectivity index (χ2n) is 6.16. The van der Waals surface area contributed by atoms with E-state index in [0.717, 1.165) is 34.4 Å². The van der Waals surface area contributed by atoms with Crippen LogP contribution in [0.2, 0.25) is 0 Å². The van der Waals surface area contributed by atoms with Crippen molar-refractivity contribution in [3.63, 3.8) is 0 Å². The van der Waals surface area contributed by atoms with Crippen LogP contribution in [-0.2, 0) is 0 Å². The molecule has 2 N–H and O–H groups in total. The molecule has 0 saturated heterocycles. The lowest BCUT2D eigenvalue weighted by Crippen LogP contribution is -2.19. The fourth-order valence-electron chi connectivity index (χ4n) is 4.05. The second kappa shape index (κ2) is 5.45. The molecule has 0 heterocycles. The number of hydrogen-bond acceptors (Lipinski definition) is 2. The summed E-state index contributed by atoms with van der Waals surface area (Å²) in [5.41, 5.74) is 7.63. The summed E-state index contributed by atoms with van der Waals surface area (Å²) in [7, 11) is 1.70. The molecule has 0 amide bonds. The Balaban J connectivity index is 1.71. The van der Waals surface area contributed by atoms with Crippen molar-refractivity contribution in [2.24, 2.45) is 23.5 Å². The van der Waals surface area contributed by atoms with E-state index < -0.39 is 0 Å². The monoisotopic (exact) mass is 323 g/mol. The van der Waals surface area contributed by atoms with Crippen LogP contribution in [0.1, 0.15) is 43.7 Å². The quantitative estimate of drug-likeness (QED) is 0.897. The van der Waals surface area contributed by atoms with Gasteiger partial charge in [0.25, 0.3) is 0 Å². The van der Waals surface area contributed by atoms with Gasteiger partial charge in [0.05, 0.1) is 7.11 Å². The van der Waals surface area contributed by atoms with E-state index in [-0.39, 0.29) is 6.04 Å². The van der Waals surface area contributed by atoms with E-state index in [1.54, 1.807) is 7.11 Å². The lowest BCUT2D eigenvalue weighted by molar-refractivity contribution is 0.295. The van der Waals surface area contributed by atoms with Gasteiger partial charge in [-0.1, -0.05) is 22.4 Å². The van der Waals surface area contributed by atoms with E-state index in [9.17, 15) is 0 Å². The Hall–Kier alpha value is -0.540. The summed E-state index contributed by atoms with van der Waals surface area (Å²) >= 11 is 3.62. The van der Waals surface area contributed by atoms with Gasteiger partial charge in [0.2, 0.25) is 0 Å². The van der Waals surface area contributed by atoms with Crippen LogP contribution < -0.4 is 10.5 Å². The third-order valence-corrected chi connectivity index (χ3v) is 5.77. The number of rotatable bonds is 4. The number of ether oxygens (including phenoxy) is 1. The molecule has 2 bridgehead atoms. The Morgan fingerprint density at radius 1 is 1.37 bits per heavy atom. The second-order valence-corrected chi connectivity index (χ2v) is 7.02. The van der Waals surface area contributed by atoms with Gasteiger partial charge in [-0.3, -0.25) is 0 Å². The van der Waals surface area contributed by atoms with Crippen molar-refractivity contribution in [2.75, 3.05) is 7.11 Å². The third kappa shape index (κ3) is 2.68. The third-order valence-electron chi connectivity index (χ3n) is 5.04. The fraction of sp³-hybridized carbons (Fsp3) is 0.625. The molecule has 104 valence electrons. The zero-order chi connectivity index (χ0) is 13.4. The summed E-state index contributed by atoms with van der Waals surface area (Å²) in [6.07, 6.45) is 6.87. The number of hydrogen-bond donors (Lipinski definition) is 1. The van der Waals surface area contributed by atoms with Crippen LogP contribution in [0.5, 0.6) is 5.75 Å². The molecule has 0 aliphatic heterocycles. The Kier molecular flexibility index (Phi) is 3.86. The average Bonchev–Trinajstić information content (AvgIpc) is 3.01. The van der Waals surface area contributed by atoms with Crippen molar-refractivity contribution in [3.05, 3.63) is 28.2 Å². The summed E-state index contributed by atoms with van der Waals surface area (Å²) in [5.74, 6) is 3.67. The molecule has 2 saturated carbocycles. The van der Waals surface area contributed by atoms with Crippen LogP contribution in [0, 0.1) is 17.8 Å². The van der Waals surface area contributed by atoms with Crippen LogP contribution in [0.3, 0.4) is 0 Å². The smallest absolute Gasteiger partial charge is 0.119 e. The number of halogens is 1. The summed E-state index contributed by atoms with van der Waals surface area (Å²) in [4.78, 5) is 0. The molecule has 1 aromatic rings. The van der Waals surface area contributed by atoms with Crippen LogP contribution >= 0.6 is 15.9 Å². The van der Waals surface area contributed by atoms with Crippen LogP contribution in [0.4, 0.5) is 0 Å². The van der Waals surface area contributed by atoms with Gasteiger partial charge in [-0.05, 0) is 67.2 Å². The molecule has 2 aliphatic rings. The van der Waals surface area contributed by atoms with Gasteiger partial charge in [0, 0.05) is 10.5 Å². The predicted molar refractivity (Wildman–Crippen MR) is 81.2 cm³/mol. The van der Waals surface area contributed by atoms with Crippen molar-refractivity contribution in [1.29, 1.82) is 0 Å². The first kappa shape index (κ1) is 13.4. The van der Waals surface area contributed by atoms with Gasteiger partial charge < -0.3 is 10.5 Å². The summed E-state index contributed by atoms with van der Waals surface area (Å²) in [6, 6.07) is 6.20. The first-order valence-corrected chi connectivity index (χ1v) is 8.05. The zero-order valence-corrected chi connectivity index (χ0v) is 13.0. The number of nitrogens with two attached hydrogens (primary N) is 1. The Morgan fingerprint density at radius 2 is 2.21 bits per heavy atom. The molecule has 0 radical (unpaired) electrons. The van der Waals surface area contributed by atoms with E-state index in [1.807, 2.05) is 12.1 Å². The summed E-state index contributed by atoms with van der Waals surface area (Å²) in [6.45, 7) is 0. The molecule has 0 spiro atoms. The van der Waals surface area contributed by atoms with Crippen molar-refractivity contribution >= 4 is 15.9 Å². The Labute approximate surface area is 123 Å². The molecule has 2 aliphatic carbocycles. The van der Waals surface area contributed by atoms with Gasteiger partial charge in [-0.15, -0.1) is 0 Å². The highest BCUT2D eigenvalue weighted by Gasteiger charge is 2.39. The lowest BCUT2D eigenvalue weighted by Gasteiger charge is -2.25. The fourth-order valence-corrected chi connectivity index (χ4v) is 4.59. The minimum atomic E-state index is 0.119. The first-order valence-electron chi connectivity index (χ1n) is 7.26. The van der Waals surface area contributed by atoms with E-state index in [1.165, 1.54) is 31.2 Å². The maximum Gasteiger partial charge on any atom is 0.119 e. The molecular formula is C16H22BrNO. The molecule has 4 unspecified atom stereocenters. The molecule has 1 aromatic carbocycles. The predicted octanol–water partition coefficient (Wildman–Crippen LogP) is 4.28. The van der Waals surface area contributed by atoms with Gasteiger partial charge in [-0.25, -0.2) is 0 Å². The molecule has 0 aromatic heterocycles. The van der Waals surface area contributed by atoms with E-state index in [0.29, 0.717) is 0 Å². The van der Waals surface area contributed by atoms with E-state index in [2.05, 4.69) is 22.0 Å². The summed E-state index contributed by atoms with van der Waals surface area (Å²) < 4.78 is 6.40. The average molecular weight is 324 g/mol. The van der Waals surface area contributed by atoms with Crippen molar-refractivity contribution < 1.29 is 4.74 Å². The van der Waals surface area contributed by atoms with Crippen LogP contribution in [0.15, 0.2) is 22.7 Å². The van der Waals surface area contributed by atoms with Gasteiger partial charge in [-0.2, -0.15) is 0 Å². The molecule has 3 rings (SSSR count). The number of fused-ring (bicyclic) bond motifs is 2. The van der Waals surface area contributed by atoms with Crippen molar-refractivity contribution in [3.8, 4) is 5.75 Å². The molecule has 19 heavy (non-hydrogen) atoms. The topological polar surface area (TPSA) is 35.2 Å². The Morgan fingerprint density at radius 3 is 2.84 bits per heavy atom. The maximum absolute atomic E-state index is 6.45. The zero-order valence-electron chi connectivity index (χ0n) is 11.4. The summed E-state index contributed by atoms with van der Waals surface area (Å²) in [5, 5.41) is 0. The first-order chi connectivity index (χ1) is 9.17. The molecule has 2 fully saturated rings. The van der Waals surface area contributed by atoms with E-state index >= 15 is 0 Å². The minimum Gasteiger partial charge on any atom is -0.497 e. The van der Waals surface area contributed by atoms with Gasteiger partial charge in [0.15, 0.2) is 0 Å². The number of methoxy groups -OCH3 is 1. The highest BCUT2D eigenvalue weighted by atomic mass is 79.9. The van der Waals surface area contributed by atoms with Gasteiger partial charge >= 0.3 is 0 Å². The van der Waals surface area contributed by atoms with Crippen molar-refractivity contribution in [1.82, 2.24) is 0 Å². The highest BCUT2D eigenvalue weighted by molar-refractivity contribution is 9.10.